The number of aliphatic carboxylic acids is 2. The van der Waals surface area contributed by atoms with Gasteiger partial charge in [0.15, 0.2) is 0 Å². The van der Waals surface area contributed by atoms with Crippen LogP contribution in [0.2, 0.25) is 0 Å². The molecule has 132 valence electrons. The number of carboxylic acid groups (broad SMARTS) is 2. The molecular weight excluding hydrogens is 397 g/mol. The molecule has 0 spiro atoms. The van der Waals surface area contributed by atoms with Gasteiger partial charge in [0.25, 0.3) is 0 Å². The number of carbonyl (C=O) groups is 2. The van der Waals surface area contributed by atoms with Crippen molar-refractivity contribution in [1.82, 2.24) is 0 Å². The first-order valence-electron chi connectivity index (χ1n) is 6.60. The Balaban J connectivity index is 0.00000338. The summed E-state index contributed by atoms with van der Waals surface area (Å²) >= 11 is 0. The van der Waals surface area contributed by atoms with Gasteiger partial charge in [0, 0.05) is 0 Å². The molecule has 2 aliphatic rings. The largest absolute Gasteiger partial charge is 1.00 e. The fourth-order valence-electron chi connectivity index (χ4n) is 2.31. The molecule has 0 saturated heterocycles. The van der Waals surface area contributed by atoms with Crippen molar-refractivity contribution < 1.29 is 66.2 Å². The average molecular weight is 407 g/mol. The van der Waals surface area contributed by atoms with Gasteiger partial charge in [-0.1, -0.05) is 36.4 Å². The van der Waals surface area contributed by atoms with Gasteiger partial charge in [-0.25, -0.2) is 9.59 Å². The predicted octanol–water partition coefficient (Wildman–Crippen LogP) is -3.63. The number of nitrogens with zero attached hydrogens (tertiary/aromatic N) is 1. The molecule has 26 heavy (non-hydrogen) atoms. The maximum absolute atomic E-state index is 11.4. The van der Waals surface area contributed by atoms with Crippen LogP contribution in [-0.2, 0) is 30.2 Å². The summed E-state index contributed by atoms with van der Waals surface area (Å²) in [4.78, 5) is 21.3. The van der Waals surface area contributed by atoms with Crippen LogP contribution in [0.3, 0.4) is 0 Å². The van der Waals surface area contributed by atoms with Gasteiger partial charge in [0.2, 0.25) is 20.6 Å². The summed E-state index contributed by atoms with van der Waals surface area (Å²) < 4.78 is 45.7. The van der Waals surface area contributed by atoms with Crippen LogP contribution in [0.15, 0.2) is 47.6 Å². The van der Waals surface area contributed by atoms with Crippen molar-refractivity contribution in [3.05, 3.63) is 52.9 Å². The Morgan fingerprint density at radius 3 is 1.42 bits per heavy atom. The van der Waals surface area contributed by atoms with Crippen LogP contribution in [-0.4, -0.2) is 60.8 Å². The minimum Gasteiger partial charge on any atom is -0.641 e. The van der Waals surface area contributed by atoms with Crippen molar-refractivity contribution in [3.63, 3.8) is 0 Å². The van der Waals surface area contributed by atoms with Gasteiger partial charge in [-0.2, -0.15) is 16.8 Å². The molecule has 9 nitrogen and oxygen atoms in total. The molecule has 0 saturated carbocycles. The second kappa shape index (κ2) is 9.26. The van der Waals surface area contributed by atoms with Gasteiger partial charge in [0.1, 0.15) is 0 Å². The van der Waals surface area contributed by atoms with Crippen LogP contribution in [0.5, 0.6) is 0 Å². The Bertz CT molecular complexity index is 945. The van der Waals surface area contributed by atoms with E-state index >= 15 is 0 Å². The zero-order valence-electron chi connectivity index (χ0n) is 13.2. The van der Waals surface area contributed by atoms with E-state index in [4.69, 9.17) is 10.2 Å². The van der Waals surface area contributed by atoms with E-state index < -0.39 is 65.5 Å². The molecular formula is C14H10NNaO8S2. The van der Waals surface area contributed by atoms with E-state index in [0.717, 1.165) is 12.2 Å². The van der Waals surface area contributed by atoms with Crippen molar-refractivity contribution in [2.24, 2.45) is 0 Å². The molecule has 0 bridgehead atoms. The van der Waals surface area contributed by atoms with Gasteiger partial charge in [0.05, 0.1) is 20.9 Å². The van der Waals surface area contributed by atoms with Crippen LogP contribution < -0.4 is 29.6 Å². The molecule has 0 amide bonds. The van der Waals surface area contributed by atoms with Crippen LogP contribution in [0.4, 0.5) is 0 Å². The molecule has 0 radical (unpaired) electrons. The van der Waals surface area contributed by atoms with E-state index in [0.29, 0.717) is 0 Å². The van der Waals surface area contributed by atoms with E-state index in [1.165, 1.54) is 24.3 Å². The smallest absolute Gasteiger partial charge is 0.641 e. The molecule has 2 rings (SSSR count). The summed E-state index contributed by atoms with van der Waals surface area (Å²) in [6, 6.07) is -2.54. The molecule has 12 heteroatoms. The standard InChI is InChI=1S/C14H10NO8S2.Na/c16-13(17)7-3-1-5-9(11(7)24(20)21)15-10-6-2-4-8(14(18)19)12(10)25(22)23;/h1-6,9-10H,(H,16,17)(H,18,19);/q-1;+1. The van der Waals surface area contributed by atoms with Crippen molar-refractivity contribution in [1.29, 1.82) is 0 Å². The second-order valence-corrected chi connectivity index (χ2v) is 6.60. The molecule has 0 aromatic rings. The molecule has 2 N–H and O–H groups in total. The Morgan fingerprint density at radius 2 is 1.15 bits per heavy atom. The molecule has 0 heterocycles. The second-order valence-electron chi connectivity index (χ2n) is 4.78. The summed E-state index contributed by atoms with van der Waals surface area (Å²) in [5.74, 6) is -2.96. The van der Waals surface area contributed by atoms with Crippen molar-refractivity contribution in [2.75, 3.05) is 0 Å². The van der Waals surface area contributed by atoms with Gasteiger partial charge < -0.3 is 15.5 Å². The Morgan fingerprint density at radius 1 is 0.808 bits per heavy atom. The summed E-state index contributed by atoms with van der Waals surface area (Å²) in [5.41, 5.74) is -0.994. The van der Waals surface area contributed by atoms with Gasteiger partial charge in [-0.15, -0.1) is 0 Å². The molecule has 2 unspecified atom stereocenters. The monoisotopic (exact) mass is 407 g/mol. The molecule has 0 aliphatic heterocycles. The quantitative estimate of drug-likeness (QED) is 0.357. The van der Waals surface area contributed by atoms with E-state index in [9.17, 15) is 26.4 Å². The summed E-state index contributed by atoms with van der Waals surface area (Å²) in [6.07, 6.45) is 7.26. The van der Waals surface area contributed by atoms with E-state index in [2.05, 4.69) is 5.32 Å². The molecule has 0 aromatic carbocycles. The van der Waals surface area contributed by atoms with Gasteiger partial charge in [-0.05, 0) is 12.2 Å². The fourth-order valence-corrected chi connectivity index (χ4v) is 3.65. The zero-order chi connectivity index (χ0) is 18.7. The first-order valence-corrected chi connectivity index (χ1v) is 8.75. The minimum absolute atomic E-state index is 0. The topological polar surface area (TPSA) is 157 Å². The first-order chi connectivity index (χ1) is 11.7. The van der Waals surface area contributed by atoms with Gasteiger partial charge >= 0.3 is 41.5 Å². The van der Waals surface area contributed by atoms with E-state index in [1.807, 2.05) is 0 Å². The maximum Gasteiger partial charge on any atom is 1.00 e. The van der Waals surface area contributed by atoms with E-state index in [1.54, 1.807) is 0 Å². The number of hydrogen-bond acceptors (Lipinski definition) is 6. The third-order valence-electron chi connectivity index (χ3n) is 3.32. The van der Waals surface area contributed by atoms with Crippen LogP contribution >= 0.6 is 0 Å². The maximum atomic E-state index is 11.4. The van der Waals surface area contributed by atoms with Crippen LogP contribution in [0.25, 0.3) is 5.32 Å². The summed E-state index contributed by atoms with van der Waals surface area (Å²) in [6.45, 7) is 0. The first kappa shape index (κ1) is 22.3. The SMILES string of the molecule is O=C(O)C1=CC=CC([N-]C2C=CC=C(C(=O)O)C2=S(=O)=O)C1=S(=O)=O.[Na+]. The Labute approximate surface area is 172 Å². The molecule has 2 aliphatic carbocycles. The number of carboxylic acids is 2. The van der Waals surface area contributed by atoms with Gasteiger partial charge in [-0.3, -0.25) is 0 Å². The number of allylic oxidation sites excluding steroid dienone is 4. The normalized spacial score (nSPS) is 21.4. The summed E-state index contributed by atoms with van der Waals surface area (Å²) in [5, 5.41) is 22.2. The average Bonchev–Trinajstić information content (AvgIpc) is 2.53. The van der Waals surface area contributed by atoms with Crippen LogP contribution in [0, 0.1) is 0 Å². The third kappa shape index (κ3) is 4.69. The van der Waals surface area contributed by atoms with Crippen molar-refractivity contribution >= 4 is 42.3 Å². The Kier molecular flexibility index (Phi) is 7.93. The zero-order valence-corrected chi connectivity index (χ0v) is 16.9. The number of rotatable bonds is 4. The molecule has 0 aromatic heterocycles. The summed E-state index contributed by atoms with van der Waals surface area (Å²) in [7, 11) is -5.84. The van der Waals surface area contributed by atoms with Crippen molar-refractivity contribution in [2.45, 2.75) is 12.1 Å². The third-order valence-corrected chi connectivity index (χ3v) is 4.96. The number of hydrogen-bond donors (Lipinski definition) is 2. The van der Waals surface area contributed by atoms with Crippen LogP contribution in [0.1, 0.15) is 0 Å². The Hall–Kier alpha value is -1.76. The predicted molar refractivity (Wildman–Crippen MR) is 88.5 cm³/mol. The molecule has 0 fully saturated rings. The molecule has 2 atom stereocenters. The minimum atomic E-state index is -2.92. The fraction of sp³-hybridized carbons (Fsp3) is 0.143. The van der Waals surface area contributed by atoms with E-state index in [-0.39, 0.29) is 29.6 Å². The van der Waals surface area contributed by atoms with Crippen molar-refractivity contribution in [3.8, 4) is 0 Å².